The smallest absolute Gasteiger partial charge is 0.220 e. The van der Waals surface area contributed by atoms with E-state index in [9.17, 15) is 13.6 Å². The zero-order valence-corrected chi connectivity index (χ0v) is 13.9. The molecule has 0 aliphatic carbocycles. The van der Waals surface area contributed by atoms with Crippen molar-refractivity contribution in [3.05, 3.63) is 35.4 Å². The molecule has 2 rings (SSSR count). The van der Waals surface area contributed by atoms with Crippen molar-refractivity contribution in [1.29, 1.82) is 0 Å². The topological polar surface area (TPSA) is 41.1 Å². The molecule has 1 aliphatic heterocycles. The maximum absolute atomic E-state index is 13.9. The van der Waals surface area contributed by atoms with Crippen LogP contribution < -0.4 is 10.6 Å². The van der Waals surface area contributed by atoms with Gasteiger partial charge >= 0.3 is 0 Å². The summed E-state index contributed by atoms with van der Waals surface area (Å²) in [7, 11) is 0. The normalized spacial score (nSPS) is 20.8. The minimum Gasteiger partial charge on any atom is -0.349 e. The maximum atomic E-state index is 13.9. The average molecular weight is 324 g/mol. The molecule has 2 N–H and O–H groups in total. The largest absolute Gasteiger partial charge is 0.349 e. The first-order valence-electron chi connectivity index (χ1n) is 8.46. The van der Waals surface area contributed by atoms with Gasteiger partial charge in [-0.05, 0) is 62.4 Å². The Morgan fingerprint density at radius 3 is 2.87 bits per heavy atom. The van der Waals surface area contributed by atoms with Crippen molar-refractivity contribution < 1.29 is 13.6 Å². The summed E-state index contributed by atoms with van der Waals surface area (Å²) in [6.07, 6.45) is 3.21. The predicted molar refractivity (Wildman–Crippen MR) is 86.9 cm³/mol. The molecule has 1 aromatic rings. The van der Waals surface area contributed by atoms with Gasteiger partial charge in [-0.25, -0.2) is 8.78 Å². The highest BCUT2D eigenvalue weighted by Gasteiger charge is 2.24. The van der Waals surface area contributed by atoms with E-state index in [1.165, 1.54) is 0 Å². The van der Waals surface area contributed by atoms with Crippen LogP contribution in [0.25, 0.3) is 0 Å². The third kappa shape index (κ3) is 4.99. The number of halogens is 2. The molecule has 1 fully saturated rings. The second-order valence-corrected chi connectivity index (χ2v) is 6.48. The molecule has 3 unspecified atom stereocenters. The fraction of sp³-hybridized carbons (Fsp3) is 0.611. The van der Waals surface area contributed by atoms with E-state index in [1.54, 1.807) is 0 Å². The lowest BCUT2D eigenvalue weighted by Gasteiger charge is -2.28. The second kappa shape index (κ2) is 8.39. The van der Waals surface area contributed by atoms with E-state index in [-0.39, 0.29) is 17.4 Å². The Morgan fingerprint density at radius 2 is 2.22 bits per heavy atom. The number of hydrogen-bond donors (Lipinski definition) is 2. The molecule has 3 nitrogen and oxygen atoms in total. The van der Waals surface area contributed by atoms with Crippen molar-refractivity contribution in [2.45, 2.75) is 45.6 Å². The number of carbonyl (C=O) groups is 1. The van der Waals surface area contributed by atoms with Crippen molar-refractivity contribution in [1.82, 2.24) is 10.6 Å². The second-order valence-electron chi connectivity index (χ2n) is 6.48. The van der Waals surface area contributed by atoms with Crippen LogP contribution in [-0.4, -0.2) is 19.0 Å². The van der Waals surface area contributed by atoms with Crippen LogP contribution in [0.2, 0.25) is 0 Å². The van der Waals surface area contributed by atoms with Crippen LogP contribution >= 0.6 is 0 Å². The number of piperidine rings is 1. The summed E-state index contributed by atoms with van der Waals surface area (Å²) in [5.74, 6) is -0.296. The number of carbonyl (C=O) groups excluding carboxylic acids is 1. The number of amides is 1. The average Bonchev–Trinajstić information content (AvgIpc) is 2.55. The van der Waals surface area contributed by atoms with Gasteiger partial charge < -0.3 is 10.6 Å². The Labute approximate surface area is 136 Å². The lowest BCUT2D eigenvalue weighted by Crippen LogP contribution is -2.36. The molecule has 0 radical (unpaired) electrons. The van der Waals surface area contributed by atoms with Crippen LogP contribution in [0.4, 0.5) is 8.78 Å². The van der Waals surface area contributed by atoms with E-state index in [2.05, 4.69) is 17.6 Å². The molecule has 0 saturated carbocycles. The first kappa shape index (κ1) is 17.9. The van der Waals surface area contributed by atoms with Crippen LogP contribution in [0.5, 0.6) is 0 Å². The molecule has 23 heavy (non-hydrogen) atoms. The minimum absolute atomic E-state index is 0.0985. The zero-order chi connectivity index (χ0) is 16.8. The molecular formula is C18H26F2N2O. The summed E-state index contributed by atoms with van der Waals surface area (Å²) >= 11 is 0. The summed E-state index contributed by atoms with van der Waals surface area (Å²) in [4.78, 5) is 12.3. The molecule has 1 aliphatic rings. The Balaban J connectivity index is 1.95. The van der Waals surface area contributed by atoms with Gasteiger partial charge in [-0.15, -0.1) is 0 Å². The number of rotatable bonds is 6. The summed E-state index contributed by atoms with van der Waals surface area (Å²) in [5, 5.41) is 6.21. The number of nitrogens with one attached hydrogen (secondary N) is 2. The van der Waals surface area contributed by atoms with Crippen LogP contribution in [0.1, 0.15) is 51.1 Å². The molecule has 0 aromatic heterocycles. The van der Waals surface area contributed by atoms with Crippen molar-refractivity contribution in [3.8, 4) is 0 Å². The van der Waals surface area contributed by atoms with Crippen LogP contribution in [0, 0.1) is 23.5 Å². The van der Waals surface area contributed by atoms with Gasteiger partial charge in [0.1, 0.15) is 11.6 Å². The molecule has 1 aromatic carbocycles. The van der Waals surface area contributed by atoms with Gasteiger partial charge in [0.05, 0.1) is 6.04 Å². The molecular weight excluding hydrogens is 298 g/mol. The molecule has 1 saturated heterocycles. The zero-order valence-electron chi connectivity index (χ0n) is 13.9. The van der Waals surface area contributed by atoms with Crippen molar-refractivity contribution in [3.63, 3.8) is 0 Å². The lowest BCUT2D eigenvalue weighted by molar-refractivity contribution is -0.123. The highest BCUT2D eigenvalue weighted by atomic mass is 19.1. The van der Waals surface area contributed by atoms with Crippen LogP contribution in [0.15, 0.2) is 18.2 Å². The SMILES string of the molecule is CCC(NC(=O)CC(C)C1CCCNC1)c1cc(F)ccc1F. The van der Waals surface area contributed by atoms with Crippen molar-refractivity contribution in [2.24, 2.45) is 11.8 Å². The summed E-state index contributed by atoms with van der Waals surface area (Å²) < 4.78 is 27.2. The van der Waals surface area contributed by atoms with Gasteiger partial charge in [0, 0.05) is 12.0 Å². The Morgan fingerprint density at radius 1 is 1.43 bits per heavy atom. The molecule has 5 heteroatoms. The molecule has 0 spiro atoms. The lowest BCUT2D eigenvalue weighted by atomic mass is 9.85. The van der Waals surface area contributed by atoms with E-state index in [1.807, 2.05) is 6.92 Å². The molecule has 3 atom stereocenters. The third-order valence-corrected chi connectivity index (χ3v) is 4.72. The van der Waals surface area contributed by atoms with Gasteiger partial charge in [-0.2, -0.15) is 0 Å². The van der Waals surface area contributed by atoms with Gasteiger partial charge in [0.15, 0.2) is 0 Å². The maximum Gasteiger partial charge on any atom is 0.220 e. The summed E-state index contributed by atoms with van der Waals surface area (Å²) in [5.41, 5.74) is 0.216. The van der Waals surface area contributed by atoms with Crippen molar-refractivity contribution in [2.75, 3.05) is 13.1 Å². The van der Waals surface area contributed by atoms with E-state index < -0.39 is 17.7 Å². The van der Waals surface area contributed by atoms with Gasteiger partial charge in [0.2, 0.25) is 5.91 Å². The van der Waals surface area contributed by atoms with E-state index >= 15 is 0 Å². The highest BCUT2D eigenvalue weighted by Crippen LogP contribution is 2.24. The summed E-state index contributed by atoms with van der Waals surface area (Å²) in [6.45, 7) is 5.93. The quantitative estimate of drug-likeness (QED) is 0.840. The van der Waals surface area contributed by atoms with E-state index in [4.69, 9.17) is 0 Å². The monoisotopic (exact) mass is 324 g/mol. The Hall–Kier alpha value is -1.49. The van der Waals surface area contributed by atoms with Crippen LogP contribution in [-0.2, 0) is 4.79 Å². The molecule has 1 amide bonds. The Kier molecular flexibility index (Phi) is 6.51. The molecule has 128 valence electrons. The Bertz CT molecular complexity index is 530. The molecule has 1 heterocycles. The van der Waals surface area contributed by atoms with E-state index in [0.29, 0.717) is 18.8 Å². The molecule has 0 bridgehead atoms. The highest BCUT2D eigenvalue weighted by molar-refractivity contribution is 5.76. The third-order valence-electron chi connectivity index (χ3n) is 4.72. The fourth-order valence-electron chi connectivity index (χ4n) is 3.26. The standard InChI is InChI=1S/C18H26F2N2O/c1-3-17(15-10-14(19)6-7-16(15)20)22-18(23)9-12(2)13-5-4-8-21-11-13/h6-7,10,12-13,17,21H,3-5,8-9,11H2,1-2H3,(H,22,23). The number of benzene rings is 1. The van der Waals surface area contributed by atoms with Gasteiger partial charge in [-0.3, -0.25) is 4.79 Å². The fourth-order valence-corrected chi connectivity index (χ4v) is 3.26. The van der Waals surface area contributed by atoms with Gasteiger partial charge in [-0.1, -0.05) is 13.8 Å². The first-order chi connectivity index (χ1) is 11.0. The van der Waals surface area contributed by atoms with E-state index in [0.717, 1.165) is 44.1 Å². The predicted octanol–water partition coefficient (Wildman–Crippen LogP) is 3.56. The first-order valence-corrected chi connectivity index (χ1v) is 8.46. The van der Waals surface area contributed by atoms with Crippen LogP contribution in [0.3, 0.4) is 0 Å². The van der Waals surface area contributed by atoms with Gasteiger partial charge in [0.25, 0.3) is 0 Å². The van der Waals surface area contributed by atoms with Crippen molar-refractivity contribution >= 4 is 5.91 Å². The summed E-state index contributed by atoms with van der Waals surface area (Å²) in [6, 6.07) is 2.87. The minimum atomic E-state index is -0.491. The number of hydrogen-bond acceptors (Lipinski definition) is 2.